The van der Waals surface area contributed by atoms with Crippen molar-refractivity contribution < 1.29 is 4.79 Å². The van der Waals surface area contributed by atoms with Gasteiger partial charge in [0.25, 0.3) is 5.91 Å². The molecule has 0 aliphatic heterocycles. The Morgan fingerprint density at radius 1 is 1.14 bits per heavy atom. The summed E-state index contributed by atoms with van der Waals surface area (Å²) >= 11 is 0. The maximum atomic E-state index is 12.1. The molecule has 0 saturated carbocycles. The number of hydrogen-bond donors (Lipinski definition) is 1. The topological polar surface area (TPSA) is 72.7 Å². The van der Waals surface area contributed by atoms with Crippen LogP contribution in [-0.2, 0) is 6.42 Å². The number of nitrogens with one attached hydrogen (secondary N) is 1. The van der Waals surface area contributed by atoms with Gasteiger partial charge in [0, 0.05) is 30.4 Å². The average Bonchev–Trinajstić information content (AvgIpc) is 3.10. The van der Waals surface area contributed by atoms with Crippen molar-refractivity contribution in [2.45, 2.75) is 6.42 Å². The van der Waals surface area contributed by atoms with Gasteiger partial charge in [-0.15, -0.1) is 0 Å². The highest BCUT2D eigenvalue weighted by Gasteiger charge is 2.05. The van der Waals surface area contributed by atoms with Gasteiger partial charge < -0.3 is 5.32 Å². The van der Waals surface area contributed by atoms with Crippen LogP contribution in [0.15, 0.2) is 61.3 Å². The van der Waals surface area contributed by atoms with Crippen LogP contribution in [0.1, 0.15) is 16.1 Å². The van der Waals surface area contributed by atoms with Crippen molar-refractivity contribution in [2.75, 3.05) is 6.54 Å². The van der Waals surface area contributed by atoms with Gasteiger partial charge in [-0.2, -0.15) is 5.10 Å². The maximum Gasteiger partial charge on any atom is 0.251 e. The Morgan fingerprint density at radius 3 is 2.68 bits per heavy atom. The van der Waals surface area contributed by atoms with E-state index in [2.05, 4.69) is 20.4 Å². The van der Waals surface area contributed by atoms with Gasteiger partial charge in [0.1, 0.15) is 12.7 Å². The number of rotatable bonds is 5. The number of pyridine rings is 1. The number of hydrogen-bond acceptors (Lipinski definition) is 4. The monoisotopic (exact) mass is 293 g/mol. The quantitative estimate of drug-likeness (QED) is 0.776. The molecular weight excluding hydrogens is 278 g/mol. The van der Waals surface area contributed by atoms with Crippen molar-refractivity contribution >= 4 is 5.91 Å². The van der Waals surface area contributed by atoms with E-state index in [1.807, 2.05) is 30.3 Å². The average molecular weight is 293 g/mol. The number of amides is 1. The second-order valence-corrected chi connectivity index (χ2v) is 4.71. The van der Waals surface area contributed by atoms with E-state index in [9.17, 15) is 4.79 Å². The third kappa shape index (κ3) is 3.35. The molecule has 0 aliphatic rings. The summed E-state index contributed by atoms with van der Waals surface area (Å²) in [5, 5.41) is 6.93. The summed E-state index contributed by atoms with van der Waals surface area (Å²) in [6, 6.07) is 13.0. The molecule has 2 heterocycles. The maximum absolute atomic E-state index is 12.1. The van der Waals surface area contributed by atoms with Crippen molar-refractivity contribution in [3.05, 3.63) is 72.6 Å². The molecule has 1 amide bonds. The van der Waals surface area contributed by atoms with E-state index < -0.39 is 0 Å². The van der Waals surface area contributed by atoms with Gasteiger partial charge in [0.2, 0.25) is 0 Å². The highest BCUT2D eigenvalue weighted by Crippen LogP contribution is 2.08. The molecule has 0 spiro atoms. The number of benzene rings is 1. The van der Waals surface area contributed by atoms with Crippen LogP contribution < -0.4 is 5.32 Å². The van der Waals surface area contributed by atoms with E-state index >= 15 is 0 Å². The fourth-order valence-electron chi connectivity index (χ4n) is 2.06. The lowest BCUT2D eigenvalue weighted by atomic mass is 10.2. The molecular formula is C16H15N5O. The van der Waals surface area contributed by atoms with Gasteiger partial charge in [-0.1, -0.05) is 6.07 Å². The molecule has 0 fully saturated rings. The fraction of sp³-hybridized carbons (Fsp3) is 0.125. The van der Waals surface area contributed by atoms with E-state index in [0.717, 1.165) is 11.4 Å². The smallest absolute Gasteiger partial charge is 0.251 e. The number of nitrogens with zero attached hydrogens (tertiary/aromatic N) is 4. The summed E-state index contributed by atoms with van der Waals surface area (Å²) in [6.45, 7) is 0.556. The summed E-state index contributed by atoms with van der Waals surface area (Å²) in [5.74, 6) is -0.0962. The Kier molecular flexibility index (Phi) is 4.20. The van der Waals surface area contributed by atoms with E-state index in [-0.39, 0.29) is 5.91 Å². The number of carbonyl (C=O) groups is 1. The van der Waals surface area contributed by atoms with Gasteiger partial charge in [-0.25, -0.2) is 9.67 Å². The van der Waals surface area contributed by atoms with Gasteiger partial charge in [0.05, 0.1) is 5.69 Å². The number of aromatic nitrogens is 4. The van der Waals surface area contributed by atoms with Gasteiger partial charge in [-0.3, -0.25) is 9.78 Å². The molecule has 0 unspecified atom stereocenters. The minimum atomic E-state index is -0.0962. The highest BCUT2D eigenvalue weighted by molar-refractivity contribution is 5.94. The van der Waals surface area contributed by atoms with Crippen molar-refractivity contribution in [3.63, 3.8) is 0 Å². The summed E-state index contributed by atoms with van der Waals surface area (Å²) < 4.78 is 1.64. The zero-order valence-electron chi connectivity index (χ0n) is 11.9. The minimum Gasteiger partial charge on any atom is -0.352 e. The first kappa shape index (κ1) is 13.9. The molecule has 0 saturated heterocycles. The molecule has 6 nitrogen and oxygen atoms in total. The van der Waals surface area contributed by atoms with Crippen LogP contribution in [0.2, 0.25) is 0 Å². The third-order valence-corrected chi connectivity index (χ3v) is 3.21. The first-order valence-corrected chi connectivity index (χ1v) is 6.96. The summed E-state index contributed by atoms with van der Waals surface area (Å²) in [5.41, 5.74) is 2.44. The number of carbonyl (C=O) groups excluding carboxylic acids is 1. The van der Waals surface area contributed by atoms with Gasteiger partial charge in [0.15, 0.2) is 0 Å². The van der Waals surface area contributed by atoms with E-state index in [0.29, 0.717) is 18.5 Å². The largest absolute Gasteiger partial charge is 0.352 e. The lowest BCUT2D eigenvalue weighted by Gasteiger charge is -2.06. The Labute approximate surface area is 127 Å². The highest BCUT2D eigenvalue weighted by atomic mass is 16.1. The molecule has 0 radical (unpaired) electrons. The fourth-order valence-corrected chi connectivity index (χ4v) is 2.06. The van der Waals surface area contributed by atoms with Crippen molar-refractivity contribution in [2.24, 2.45) is 0 Å². The molecule has 22 heavy (non-hydrogen) atoms. The van der Waals surface area contributed by atoms with Crippen LogP contribution in [0.4, 0.5) is 0 Å². The second-order valence-electron chi connectivity index (χ2n) is 4.71. The van der Waals surface area contributed by atoms with Crippen LogP contribution in [0.25, 0.3) is 5.69 Å². The van der Waals surface area contributed by atoms with Crippen LogP contribution >= 0.6 is 0 Å². The van der Waals surface area contributed by atoms with Crippen LogP contribution in [0.3, 0.4) is 0 Å². The van der Waals surface area contributed by atoms with E-state index in [1.165, 1.54) is 6.33 Å². The molecule has 2 aromatic heterocycles. The standard InChI is InChI=1S/C16H15N5O/c22-16(19-10-8-14-3-1-2-9-18-14)13-4-6-15(7-5-13)21-12-17-11-20-21/h1-7,9,11-12H,8,10H2,(H,19,22). The third-order valence-electron chi connectivity index (χ3n) is 3.21. The first-order chi connectivity index (χ1) is 10.8. The van der Waals surface area contributed by atoms with Gasteiger partial charge >= 0.3 is 0 Å². The molecule has 110 valence electrons. The van der Waals surface area contributed by atoms with Crippen LogP contribution in [-0.4, -0.2) is 32.2 Å². The molecule has 0 atom stereocenters. The molecule has 3 aromatic rings. The van der Waals surface area contributed by atoms with Crippen molar-refractivity contribution in [1.82, 2.24) is 25.1 Å². The minimum absolute atomic E-state index is 0.0962. The SMILES string of the molecule is O=C(NCCc1ccccn1)c1ccc(-n2cncn2)cc1. The summed E-state index contributed by atoms with van der Waals surface area (Å²) in [4.78, 5) is 20.2. The molecule has 0 aliphatic carbocycles. The van der Waals surface area contributed by atoms with E-state index in [4.69, 9.17) is 0 Å². The zero-order chi connectivity index (χ0) is 15.2. The first-order valence-electron chi connectivity index (χ1n) is 6.96. The normalized spacial score (nSPS) is 10.4. The second kappa shape index (κ2) is 6.62. The van der Waals surface area contributed by atoms with Crippen LogP contribution in [0.5, 0.6) is 0 Å². The molecule has 1 aromatic carbocycles. The predicted octanol–water partition coefficient (Wildman–Crippen LogP) is 1.63. The van der Waals surface area contributed by atoms with Gasteiger partial charge in [-0.05, 0) is 36.4 Å². The summed E-state index contributed by atoms with van der Waals surface area (Å²) in [7, 11) is 0. The van der Waals surface area contributed by atoms with Crippen LogP contribution in [0, 0.1) is 0 Å². The molecule has 1 N–H and O–H groups in total. The Hall–Kier alpha value is -3.02. The lowest BCUT2D eigenvalue weighted by molar-refractivity contribution is 0.0954. The van der Waals surface area contributed by atoms with Crippen molar-refractivity contribution in [3.8, 4) is 5.69 Å². The molecule has 6 heteroatoms. The zero-order valence-corrected chi connectivity index (χ0v) is 11.9. The van der Waals surface area contributed by atoms with E-state index in [1.54, 1.807) is 29.3 Å². The lowest BCUT2D eigenvalue weighted by Crippen LogP contribution is -2.25. The predicted molar refractivity (Wildman–Crippen MR) is 81.6 cm³/mol. The Bertz CT molecular complexity index is 723. The van der Waals surface area contributed by atoms with Crippen molar-refractivity contribution in [1.29, 1.82) is 0 Å². The summed E-state index contributed by atoms with van der Waals surface area (Å²) in [6.07, 6.45) is 5.55. The Morgan fingerprint density at radius 2 is 2.00 bits per heavy atom. The molecule has 3 rings (SSSR count). The molecule has 0 bridgehead atoms. The Balaban J connectivity index is 1.56.